The first kappa shape index (κ1) is 21.4. The fourth-order valence-corrected chi connectivity index (χ4v) is 3.77. The Hall–Kier alpha value is -4.47. The van der Waals surface area contributed by atoms with Gasteiger partial charge in [0, 0.05) is 31.4 Å². The molecule has 34 heavy (non-hydrogen) atoms. The molecule has 0 spiro atoms. The number of carbonyl (C=O) groups is 1. The number of aryl methyl sites for hydroxylation is 1. The van der Waals surface area contributed by atoms with Gasteiger partial charge >= 0.3 is 0 Å². The average Bonchev–Trinajstić information content (AvgIpc) is 3.37. The maximum atomic E-state index is 11.3. The molecule has 172 valence electrons. The number of nitrogens with one attached hydrogen (secondary N) is 3. The van der Waals surface area contributed by atoms with Crippen molar-refractivity contribution in [1.29, 1.82) is 0 Å². The number of imidazole rings is 2. The van der Waals surface area contributed by atoms with E-state index in [0.29, 0.717) is 28.9 Å². The number of fused-ring (bicyclic) bond motifs is 2. The van der Waals surface area contributed by atoms with Gasteiger partial charge in [-0.05, 0) is 50.2 Å². The highest BCUT2D eigenvalue weighted by molar-refractivity contribution is 5.90. The van der Waals surface area contributed by atoms with Crippen LogP contribution in [0.1, 0.15) is 26.8 Å². The van der Waals surface area contributed by atoms with E-state index in [2.05, 4.69) is 39.8 Å². The van der Waals surface area contributed by atoms with Crippen molar-refractivity contribution >= 4 is 57.2 Å². The van der Waals surface area contributed by atoms with E-state index in [1.54, 1.807) is 6.33 Å². The highest BCUT2D eigenvalue weighted by Crippen LogP contribution is 2.28. The van der Waals surface area contributed by atoms with Crippen molar-refractivity contribution in [2.75, 3.05) is 16.0 Å². The molecule has 0 saturated carbocycles. The summed E-state index contributed by atoms with van der Waals surface area (Å²) in [5.41, 5.74) is 4.80. The van der Waals surface area contributed by atoms with Gasteiger partial charge in [-0.25, -0.2) is 9.97 Å². The molecule has 2 aromatic carbocycles. The number of hydrogen-bond donors (Lipinski definition) is 3. The van der Waals surface area contributed by atoms with Crippen LogP contribution in [0.4, 0.5) is 29.1 Å². The molecule has 3 aromatic heterocycles. The summed E-state index contributed by atoms with van der Waals surface area (Å²) in [5.74, 6) is 1.50. The standard InChI is InChI=1S/C24H25N9O/c1-14(2)33-13-25-20-21(27-17-11-9-16(10-12-17)26-15(3)34)29-23(30-22(20)33)31-24-28-18-7-5-6-8-19(18)32(24)4/h5-14H,1-4H3,(H,26,34)(H2,27,28,29,30,31). The molecule has 0 unspecified atom stereocenters. The van der Waals surface area contributed by atoms with Crippen molar-refractivity contribution in [3.05, 3.63) is 54.9 Å². The van der Waals surface area contributed by atoms with Gasteiger partial charge in [-0.15, -0.1) is 0 Å². The fraction of sp³-hybridized carbons (Fsp3) is 0.208. The first-order chi connectivity index (χ1) is 16.4. The van der Waals surface area contributed by atoms with Crippen LogP contribution in [-0.2, 0) is 11.8 Å². The minimum absolute atomic E-state index is 0.116. The molecule has 0 radical (unpaired) electrons. The van der Waals surface area contributed by atoms with E-state index >= 15 is 0 Å². The van der Waals surface area contributed by atoms with Crippen LogP contribution in [0.2, 0.25) is 0 Å². The lowest BCUT2D eigenvalue weighted by molar-refractivity contribution is -0.114. The second-order valence-electron chi connectivity index (χ2n) is 8.31. The zero-order valence-electron chi connectivity index (χ0n) is 19.4. The van der Waals surface area contributed by atoms with Gasteiger partial charge in [0.05, 0.1) is 17.4 Å². The topological polar surface area (TPSA) is 115 Å². The van der Waals surface area contributed by atoms with E-state index in [0.717, 1.165) is 22.4 Å². The van der Waals surface area contributed by atoms with Crippen LogP contribution in [0.15, 0.2) is 54.9 Å². The summed E-state index contributed by atoms with van der Waals surface area (Å²) in [5, 5.41) is 9.37. The zero-order chi connectivity index (χ0) is 23.8. The maximum absolute atomic E-state index is 11.3. The second kappa shape index (κ2) is 8.47. The number of benzene rings is 2. The van der Waals surface area contributed by atoms with Gasteiger partial charge in [0.25, 0.3) is 0 Å². The Kier molecular flexibility index (Phi) is 5.33. The Labute approximate surface area is 196 Å². The Balaban J connectivity index is 1.54. The third-order valence-electron chi connectivity index (χ3n) is 5.46. The number of rotatable bonds is 6. The van der Waals surface area contributed by atoms with E-state index in [-0.39, 0.29) is 11.9 Å². The molecule has 5 aromatic rings. The first-order valence-electron chi connectivity index (χ1n) is 11.0. The predicted octanol–water partition coefficient (Wildman–Crippen LogP) is 4.74. The van der Waals surface area contributed by atoms with Gasteiger partial charge in [-0.1, -0.05) is 12.1 Å². The van der Waals surface area contributed by atoms with Crippen LogP contribution >= 0.6 is 0 Å². The van der Waals surface area contributed by atoms with Crippen molar-refractivity contribution in [2.45, 2.75) is 26.8 Å². The van der Waals surface area contributed by atoms with Gasteiger partial charge in [-0.3, -0.25) is 10.1 Å². The lowest BCUT2D eigenvalue weighted by Crippen LogP contribution is -2.08. The van der Waals surface area contributed by atoms with Crippen molar-refractivity contribution in [3.63, 3.8) is 0 Å². The Morgan fingerprint density at radius 1 is 0.941 bits per heavy atom. The largest absolute Gasteiger partial charge is 0.338 e. The quantitative estimate of drug-likeness (QED) is 0.339. The number of nitrogens with zero attached hydrogens (tertiary/aromatic N) is 6. The van der Waals surface area contributed by atoms with E-state index < -0.39 is 0 Å². The van der Waals surface area contributed by atoms with Crippen molar-refractivity contribution in [1.82, 2.24) is 29.1 Å². The highest BCUT2D eigenvalue weighted by Gasteiger charge is 2.17. The third-order valence-corrected chi connectivity index (χ3v) is 5.46. The molecule has 0 fully saturated rings. The van der Waals surface area contributed by atoms with Crippen molar-refractivity contribution < 1.29 is 4.79 Å². The molecular formula is C24H25N9O. The van der Waals surface area contributed by atoms with Gasteiger partial charge in [0.2, 0.25) is 17.8 Å². The van der Waals surface area contributed by atoms with Gasteiger partial charge in [-0.2, -0.15) is 9.97 Å². The Morgan fingerprint density at radius 2 is 1.68 bits per heavy atom. The number of para-hydroxylation sites is 2. The minimum Gasteiger partial charge on any atom is -0.338 e. The fourth-order valence-electron chi connectivity index (χ4n) is 3.77. The van der Waals surface area contributed by atoms with Crippen LogP contribution in [-0.4, -0.2) is 35.0 Å². The number of carbonyl (C=O) groups excluding carboxylic acids is 1. The lowest BCUT2D eigenvalue weighted by atomic mass is 10.2. The van der Waals surface area contributed by atoms with Gasteiger partial charge < -0.3 is 19.8 Å². The third kappa shape index (κ3) is 4.01. The molecule has 10 nitrogen and oxygen atoms in total. The first-order valence-corrected chi connectivity index (χ1v) is 11.0. The maximum Gasteiger partial charge on any atom is 0.233 e. The zero-order valence-corrected chi connectivity index (χ0v) is 19.4. The number of hydrogen-bond acceptors (Lipinski definition) is 7. The van der Waals surface area contributed by atoms with E-state index in [1.807, 2.05) is 64.7 Å². The summed E-state index contributed by atoms with van der Waals surface area (Å²) < 4.78 is 3.97. The molecule has 0 aliphatic carbocycles. The minimum atomic E-state index is -0.116. The van der Waals surface area contributed by atoms with Crippen LogP contribution in [0, 0.1) is 0 Å². The Morgan fingerprint density at radius 3 is 2.38 bits per heavy atom. The molecule has 1 amide bonds. The summed E-state index contributed by atoms with van der Waals surface area (Å²) >= 11 is 0. The summed E-state index contributed by atoms with van der Waals surface area (Å²) in [6.45, 7) is 5.64. The normalized spacial score (nSPS) is 11.3. The number of anilines is 5. The van der Waals surface area contributed by atoms with Crippen molar-refractivity contribution in [2.24, 2.45) is 7.05 Å². The lowest BCUT2D eigenvalue weighted by Gasteiger charge is -2.12. The Bertz CT molecular complexity index is 1500. The van der Waals surface area contributed by atoms with E-state index in [9.17, 15) is 4.79 Å². The van der Waals surface area contributed by atoms with Crippen LogP contribution < -0.4 is 16.0 Å². The molecule has 0 atom stereocenters. The highest BCUT2D eigenvalue weighted by atomic mass is 16.1. The number of amides is 1. The van der Waals surface area contributed by atoms with E-state index in [4.69, 9.17) is 9.97 Å². The molecule has 0 bridgehead atoms. The SMILES string of the molecule is CC(=O)Nc1ccc(Nc2nc(Nc3nc4ccccc4n3C)nc3c2ncn3C(C)C)cc1. The molecule has 5 rings (SSSR count). The summed E-state index contributed by atoms with van der Waals surface area (Å²) in [6, 6.07) is 15.5. The predicted molar refractivity (Wildman–Crippen MR) is 134 cm³/mol. The molecule has 10 heteroatoms. The molecular weight excluding hydrogens is 430 g/mol. The molecule has 0 aliphatic heterocycles. The average molecular weight is 456 g/mol. The van der Waals surface area contributed by atoms with Gasteiger partial charge in [0.1, 0.15) is 0 Å². The van der Waals surface area contributed by atoms with Crippen molar-refractivity contribution in [3.8, 4) is 0 Å². The van der Waals surface area contributed by atoms with Crippen LogP contribution in [0.5, 0.6) is 0 Å². The summed E-state index contributed by atoms with van der Waals surface area (Å²) in [4.78, 5) is 30.0. The van der Waals surface area contributed by atoms with Crippen LogP contribution in [0.25, 0.3) is 22.2 Å². The number of aromatic nitrogens is 6. The van der Waals surface area contributed by atoms with Gasteiger partial charge in [0.15, 0.2) is 17.0 Å². The summed E-state index contributed by atoms with van der Waals surface area (Å²) in [6.07, 6.45) is 1.77. The second-order valence-corrected chi connectivity index (χ2v) is 8.31. The molecule has 0 aliphatic rings. The monoisotopic (exact) mass is 455 g/mol. The summed E-state index contributed by atoms with van der Waals surface area (Å²) in [7, 11) is 1.95. The van der Waals surface area contributed by atoms with E-state index in [1.165, 1.54) is 6.92 Å². The molecule has 0 saturated heterocycles. The molecule has 3 heterocycles. The smallest absolute Gasteiger partial charge is 0.233 e. The molecule has 3 N–H and O–H groups in total. The van der Waals surface area contributed by atoms with Crippen LogP contribution in [0.3, 0.4) is 0 Å².